The third-order valence-corrected chi connectivity index (χ3v) is 3.31. The molecule has 0 aliphatic carbocycles. The molecule has 0 aliphatic rings. The summed E-state index contributed by atoms with van der Waals surface area (Å²) in [5.74, 6) is -0.281. The first kappa shape index (κ1) is 20.5. The van der Waals surface area contributed by atoms with Crippen molar-refractivity contribution < 1.29 is 23.8 Å². The maximum Gasteiger partial charge on any atom is 0.407 e. The van der Waals surface area contributed by atoms with Crippen molar-refractivity contribution in [1.29, 1.82) is 0 Å². The zero-order valence-electron chi connectivity index (χ0n) is 14.3. The van der Waals surface area contributed by atoms with Gasteiger partial charge in [-0.3, -0.25) is 0 Å². The number of unbranched alkanes of at least 4 members (excludes halogenated alkanes) is 2. The fourth-order valence-electron chi connectivity index (χ4n) is 1.92. The number of hydrogen-bond acceptors (Lipinski definition) is 4. The van der Waals surface area contributed by atoms with Crippen LogP contribution in [0, 0.1) is 5.82 Å². The number of rotatable bonds is 8. The quantitative estimate of drug-likeness (QED) is 0.685. The van der Waals surface area contributed by atoms with Gasteiger partial charge in [0, 0.05) is 18.2 Å². The molecule has 0 unspecified atom stereocenters. The number of amides is 1. The van der Waals surface area contributed by atoms with Crippen molar-refractivity contribution in [3.63, 3.8) is 0 Å². The Hall–Kier alpha value is -1.53. The first-order valence-electron chi connectivity index (χ1n) is 7.91. The molecule has 1 amide bonds. The Bertz CT molecular complexity index is 546. The van der Waals surface area contributed by atoms with Crippen LogP contribution in [0.2, 0.25) is 5.02 Å². The van der Waals surface area contributed by atoms with E-state index in [-0.39, 0.29) is 11.6 Å². The Morgan fingerprint density at radius 1 is 1.29 bits per heavy atom. The largest absolute Gasteiger partial charge is 0.493 e. The number of alkyl carbamates (subject to hydrolysis) is 1. The van der Waals surface area contributed by atoms with Crippen molar-refractivity contribution in [2.75, 3.05) is 13.2 Å². The number of aliphatic hydroxyl groups is 1. The van der Waals surface area contributed by atoms with Gasteiger partial charge < -0.3 is 19.9 Å². The van der Waals surface area contributed by atoms with Crippen LogP contribution in [-0.2, 0) is 11.3 Å². The lowest BCUT2D eigenvalue weighted by atomic mass is 10.2. The van der Waals surface area contributed by atoms with E-state index in [0.717, 1.165) is 19.3 Å². The van der Waals surface area contributed by atoms with Crippen molar-refractivity contribution in [3.05, 3.63) is 28.5 Å². The second-order valence-electron chi connectivity index (χ2n) is 6.37. The van der Waals surface area contributed by atoms with Crippen molar-refractivity contribution in [2.45, 2.75) is 52.2 Å². The van der Waals surface area contributed by atoms with Gasteiger partial charge in [-0.15, -0.1) is 0 Å². The highest BCUT2D eigenvalue weighted by atomic mass is 35.5. The number of hydrogen-bond donors (Lipinski definition) is 2. The molecule has 0 saturated heterocycles. The molecule has 0 aromatic heterocycles. The summed E-state index contributed by atoms with van der Waals surface area (Å²) in [4.78, 5) is 11.4. The lowest BCUT2D eigenvalue weighted by molar-refractivity contribution is 0.0527. The number of carbonyl (C=O) groups excluding carboxylic acids is 1. The van der Waals surface area contributed by atoms with Crippen LogP contribution in [0.3, 0.4) is 0 Å². The highest BCUT2D eigenvalue weighted by Crippen LogP contribution is 2.26. The predicted molar refractivity (Wildman–Crippen MR) is 90.9 cm³/mol. The van der Waals surface area contributed by atoms with E-state index in [0.29, 0.717) is 24.5 Å². The third-order valence-electron chi connectivity index (χ3n) is 3.02. The van der Waals surface area contributed by atoms with Gasteiger partial charge in [0.2, 0.25) is 0 Å². The molecule has 1 aromatic carbocycles. The molecule has 0 atom stereocenters. The van der Waals surface area contributed by atoms with Crippen molar-refractivity contribution in [1.82, 2.24) is 5.32 Å². The van der Waals surface area contributed by atoms with E-state index >= 15 is 0 Å². The molecule has 136 valence electrons. The van der Waals surface area contributed by atoms with Crippen LogP contribution >= 0.6 is 11.6 Å². The van der Waals surface area contributed by atoms with Crippen LogP contribution in [0.5, 0.6) is 5.75 Å². The molecule has 0 heterocycles. The molecular weight excluding hydrogens is 337 g/mol. The highest BCUT2D eigenvalue weighted by molar-refractivity contribution is 6.30. The van der Waals surface area contributed by atoms with Gasteiger partial charge in [0.15, 0.2) is 0 Å². The SMILES string of the molecule is CC(C)(C)OC(=O)NCCCCCOc1cc(F)c(Cl)cc1CO. The Morgan fingerprint density at radius 2 is 2.00 bits per heavy atom. The summed E-state index contributed by atoms with van der Waals surface area (Å²) in [6.45, 7) is 6.07. The number of carbonyl (C=O) groups is 1. The van der Waals surface area contributed by atoms with Crippen LogP contribution in [0.15, 0.2) is 12.1 Å². The van der Waals surface area contributed by atoms with Crippen LogP contribution in [0.4, 0.5) is 9.18 Å². The summed E-state index contributed by atoms with van der Waals surface area (Å²) >= 11 is 5.66. The second-order valence-corrected chi connectivity index (χ2v) is 6.78. The number of nitrogens with one attached hydrogen (secondary N) is 1. The lowest BCUT2D eigenvalue weighted by Crippen LogP contribution is -2.33. The van der Waals surface area contributed by atoms with Gasteiger partial charge >= 0.3 is 6.09 Å². The molecule has 0 bridgehead atoms. The van der Waals surface area contributed by atoms with Crippen molar-refractivity contribution in [2.24, 2.45) is 0 Å². The molecule has 0 aliphatic heterocycles. The average molecular weight is 362 g/mol. The molecule has 5 nitrogen and oxygen atoms in total. The molecule has 2 N–H and O–H groups in total. The number of ether oxygens (including phenoxy) is 2. The normalized spacial score (nSPS) is 11.2. The summed E-state index contributed by atoms with van der Waals surface area (Å²) in [7, 11) is 0. The molecule has 0 fully saturated rings. The molecule has 0 radical (unpaired) electrons. The van der Waals surface area contributed by atoms with E-state index in [1.165, 1.54) is 12.1 Å². The maximum absolute atomic E-state index is 13.4. The van der Waals surface area contributed by atoms with Gasteiger partial charge in [-0.05, 0) is 46.1 Å². The zero-order chi connectivity index (χ0) is 18.2. The monoisotopic (exact) mass is 361 g/mol. The topological polar surface area (TPSA) is 67.8 Å². The molecule has 0 saturated carbocycles. The van der Waals surface area contributed by atoms with E-state index in [2.05, 4.69) is 5.32 Å². The van der Waals surface area contributed by atoms with Gasteiger partial charge in [-0.2, -0.15) is 0 Å². The Morgan fingerprint density at radius 3 is 2.62 bits per heavy atom. The first-order chi connectivity index (χ1) is 11.2. The zero-order valence-corrected chi connectivity index (χ0v) is 15.1. The van der Waals surface area contributed by atoms with Crippen molar-refractivity contribution >= 4 is 17.7 Å². The highest BCUT2D eigenvalue weighted by Gasteiger charge is 2.15. The van der Waals surface area contributed by atoms with E-state index < -0.39 is 17.5 Å². The molecular formula is C17H25ClFNO4. The van der Waals surface area contributed by atoms with E-state index in [4.69, 9.17) is 21.1 Å². The smallest absolute Gasteiger partial charge is 0.407 e. The van der Waals surface area contributed by atoms with Crippen LogP contribution in [0.1, 0.15) is 45.6 Å². The summed E-state index contributed by atoms with van der Waals surface area (Å²) in [6, 6.07) is 2.54. The first-order valence-corrected chi connectivity index (χ1v) is 8.29. The minimum Gasteiger partial charge on any atom is -0.493 e. The van der Waals surface area contributed by atoms with Gasteiger partial charge in [0.25, 0.3) is 0 Å². The lowest BCUT2D eigenvalue weighted by Gasteiger charge is -2.19. The minimum absolute atomic E-state index is 0.0420. The Kier molecular flexibility index (Phi) is 8.28. The maximum atomic E-state index is 13.4. The van der Waals surface area contributed by atoms with E-state index in [9.17, 15) is 14.3 Å². The molecule has 24 heavy (non-hydrogen) atoms. The summed E-state index contributed by atoms with van der Waals surface area (Å²) in [5, 5.41) is 11.9. The Labute approximate surface area is 147 Å². The van der Waals surface area contributed by atoms with Gasteiger partial charge in [-0.25, -0.2) is 9.18 Å². The predicted octanol–water partition coefficient (Wildman–Crippen LogP) is 4.05. The fraction of sp³-hybridized carbons (Fsp3) is 0.588. The van der Waals surface area contributed by atoms with Gasteiger partial charge in [0.05, 0.1) is 18.2 Å². The van der Waals surface area contributed by atoms with E-state index in [1.807, 2.05) is 20.8 Å². The number of halogens is 2. The van der Waals surface area contributed by atoms with Gasteiger partial charge in [0.1, 0.15) is 17.2 Å². The summed E-state index contributed by atoms with van der Waals surface area (Å²) in [6.07, 6.45) is 1.93. The van der Waals surface area contributed by atoms with Crippen LogP contribution in [0.25, 0.3) is 0 Å². The van der Waals surface area contributed by atoms with E-state index in [1.54, 1.807) is 0 Å². The molecule has 1 aromatic rings. The minimum atomic E-state index is -0.578. The molecule has 7 heteroatoms. The van der Waals surface area contributed by atoms with Crippen LogP contribution < -0.4 is 10.1 Å². The molecule has 0 spiro atoms. The van der Waals surface area contributed by atoms with Crippen LogP contribution in [-0.4, -0.2) is 30.0 Å². The van der Waals surface area contributed by atoms with Gasteiger partial charge in [-0.1, -0.05) is 11.6 Å². The average Bonchev–Trinajstić information content (AvgIpc) is 2.47. The summed E-state index contributed by atoms with van der Waals surface area (Å²) < 4.78 is 24.0. The fourth-order valence-corrected chi connectivity index (χ4v) is 2.10. The second kappa shape index (κ2) is 9.69. The van der Waals surface area contributed by atoms with Crippen molar-refractivity contribution in [3.8, 4) is 5.75 Å². The number of aliphatic hydroxyl groups excluding tert-OH is 1. The standard InChI is InChI=1S/C17H25ClFNO4/c1-17(2,3)24-16(22)20-7-5-4-6-8-23-15-10-14(19)13(18)9-12(15)11-21/h9-10,21H,4-8,11H2,1-3H3,(H,20,22). The number of benzene rings is 1. The molecule has 1 rings (SSSR count). The third kappa shape index (κ3) is 7.84. The summed E-state index contributed by atoms with van der Waals surface area (Å²) in [5.41, 5.74) is -0.0519. The Balaban J connectivity index is 2.21.